The maximum atomic E-state index is 12.3. The summed E-state index contributed by atoms with van der Waals surface area (Å²) in [5.74, 6) is -0.950. The van der Waals surface area contributed by atoms with E-state index < -0.39 is 12.0 Å². The zero-order valence-electron chi connectivity index (χ0n) is 11.2. The molecule has 21 heavy (non-hydrogen) atoms. The number of amides is 2. The van der Waals surface area contributed by atoms with Crippen molar-refractivity contribution in [3.05, 3.63) is 28.8 Å². The standard InChI is InChI=1S/C14H14ClN3O3/c15-10-2-1-9(8-16)12(7-10)17-14(21)18(11-3-4-11)6-5-13(19)20/h1-2,7,11H,3-6H2,(H,17,21)(H,19,20). The van der Waals surface area contributed by atoms with Crippen LogP contribution in [0.15, 0.2) is 18.2 Å². The molecule has 1 aromatic rings. The normalized spacial score (nSPS) is 13.3. The summed E-state index contributed by atoms with van der Waals surface area (Å²) in [5.41, 5.74) is 0.637. The molecule has 0 heterocycles. The number of benzene rings is 1. The van der Waals surface area contributed by atoms with Crippen molar-refractivity contribution in [3.8, 4) is 6.07 Å². The van der Waals surface area contributed by atoms with Crippen molar-refractivity contribution in [2.45, 2.75) is 25.3 Å². The van der Waals surface area contributed by atoms with Crippen molar-refractivity contribution in [3.63, 3.8) is 0 Å². The monoisotopic (exact) mass is 307 g/mol. The predicted molar refractivity (Wildman–Crippen MR) is 77.2 cm³/mol. The number of carboxylic acids is 1. The van der Waals surface area contributed by atoms with E-state index in [4.69, 9.17) is 22.0 Å². The lowest BCUT2D eigenvalue weighted by Crippen LogP contribution is -2.38. The third-order valence-corrected chi connectivity index (χ3v) is 3.39. The number of carbonyl (C=O) groups is 2. The molecule has 2 amide bonds. The molecule has 1 saturated carbocycles. The van der Waals surface area contributed by atoms with E-state index in [-0.39, 0.29) is 19.0 Å². The molecule has 0 spiro atoms. The van der Waals surface area contributed by atoms with E-state index >= 15 is 0 Å². The Bertz CT molecular complexity index is 608. The van der Waals surface area contributed by atoms with Gasteiger partial charge in [-0.25, -0.2) is 4.79 Å². The summed E-state index contributed by atoms with van der Waals surface area (Å²) >= 11 is 5.86. The molecule has 1 aromatic carbocycles. The van der Waals surface area contributed by atoms with E-state index in [1.807, 2.05) is 6.07 Å². The van der Waals surface area contributed by atoms with Gasteiger partial charge in [0.1, 0.15) is 6.07 Å². The number of hydrogen-bond acceptors (Lipinski definition) is 3. The molecule has 2 N–H and O–H groups in total. The number of nitriles is 1. The number of anilines is 1. The smallest absolute Gasteiger partial charge is 0.322 e. The predicted octanol–water partition coefficient (Wildman–Crippen LogP) is 2.68. The van der Waals surface area contributed by atoms with Gasteiger partial charge in [0.15, 0.2) is 0 Å². The minimum atomic E-state index is -0.950. The molecule has 0 radical (unpaired) electrons. The second-order valence-corrected chi connectivity index (χ2v) is 5.24. The van der Waals surface area contributed by atoms with Crippen molar-refractivity contribution >= 4 is 29.3 Å². The van der Waals surface area contributed by atoms with Gasteiger partial charge in [-0.1, -0.05) is 11.6 Å². The highest BCUT2D eigenvalue weighted by atomic mass is 35.5. The van der Waals surface area contributed by atoms with Crippen molar-refractivity contribution < 1.29 is 14.7 Å². The summed E-state index contributed by atoms with van der Waals surface area (Å²) in [6, 6.07) is 6.24. The van der Waals surface area contributed by atoms with Gasteiger partial charge in [-0.2, -0.15) is 5.26 Å². The van der Waals surface area contributed by atoms with E-state index in [0.717, 1.165) is 12.8 Å². The van der Waals surface area contributed by atoms with Gasteiger partial charge in [-0.05, 0) is 31.0 Å². The topological polar surface area (TPSA) is 93.4 Å². The second-order valence-electron chi connectivity index (χ2n) is 4.80. The van der Waals surface area contributed by atoms with Gasteiger partial charge in [0.05, 0.1) is 17.7 Å². The number of aliphatic carboxylic acids is 1. The number of nitrogens with zero attached hydrogens (tertiary/aromatic N) is 2. The number of hydrogen-bond donors (Lipinski definition) is 2. The largest absolute Gasteiger partial charge is 0.481 e. The summed E-state index contributed by atoms with van der Waals surface area (Å²) < 4.78 is 0. The third-order valence-electron chi connectivity index (χ3n) is 3.16. The molecule has 0 unspecified atom stereocenters. The summed E-state index contributed by atoms with van der Waals surface area (Å²) in [6.45, 7) is 0.147. The van der Waals surface area contributed by atoms with Crippen LogP contribution in [0.25, 0.3) is 0 Å². The van der Waals surface area contributed by atoms with Gasteiger partial charge in [0, 0.05) is 17.6 Å². The van der Waals surface area contributed by atoms with Crippen LogP contribution in [0.4, 0.5) is 10.5 Å². The molecule has 0 saturated heterocycles. The first-order valence-corrected chi connectivity index (χ1v) is 6.88. The quantitative estimate of drug-likeness (QED) is 0.874. The van der Waals surface area contributed by atoms with Crippen molar-refractivity contribution in [2.75, 3.05) is 11.9 Å². The van der Waals surface area contributed by atoms with Gasteiger partial charge in [-0.15, -0.1) is 0 Å². The lowest BCUT2D eigenvalue weighted by Gasteiger charge is -2.22. The van der Waals surface area contributed by atoms with Crippen LogP contribution in [0.3, 0.4) is 0 Å². The molecule has 1 aliphatic rings. The van der Waals surface area contributed by atoms with Crippen LogP contribution >= 0.6 is 11.6 Å². The highest BCUT2D eigenvalue weighted by Crippen LogP contribution is 2.28. The molecule has 0 atom stereocenters. The molecule has 1 fully saturated rings. The van der Waals surface area contributed by atoms with E-state index in [2.05, 4.69) is 5.32 Å². The van der Waals surface area contributed by atoms with Crippen LogP contribution in [-0.2, 0) is 4.79 Å². The number of urea groups is 1. The number of carboxylic acid groups (broad SMARTS) is 1. The average Bonchev–Trinajstić information content (AvgIpc) is 3.23. The zero-order valence-corrected chi connectivity index (χ0v) is 11.9. The molecule has 7 heteroatoms. The summed E-state index contributed by atoms with van der Waals surface area (Å²) in [6.07, 6.45) is 1.63. The van der Waals surface area contributed by atoms with Crippen LogP contribution in [0.1, 0.15) is 24.8 Å². The van der Waals surface area contributed by atoms with Gasteiger partial charge in [-0.3, -0.25) is 4.79 Å². The van der Waals surface area contributed by atoms with Crippen LogP contribution in [0.2, 0.25) is 5.02 Å². The van der Waals surface area contributed by atoms with Crippen molar-refractivity contribution in [1.29, 1.82) is 5.26 Å². The SMILES string of the molecule is N#Cc1ccc(Cl)cc1NC(=O)N(CCC(=O)O)C1CC1. The Labute approximate surface area is 126 Å². The maximum absolute atomic E-state index is 12.3. The average molecular weight is 308 g/mol. The maximum Gasteiger partial charge on any atom is 0.322 e. The van der Waals surface area contributed by atoms with E-state index in [9.17, 15) is 9.59 Å². The van der Waals surface area contributed by atoms with Gasteiger partial charge in [0.2, 0.25) is 0 Å². The summed E-state index contributed by atoms with van der Waals surface area (Å²) in [4.78, 5) is 24.4. The molecule has 1 aliphatic carbocycles. The molecular formula is C14H14ClN3O3. The minimum absolute atomic E-state index is 0.0778. The number of nitrogens with one attached hydrogen (secondary N) is 1. The Hall–Kier alpha value is -2.26. The molecule has 0 aliphatic heterocycles. The van der Waals surface area contributed by atoms with Crippen LogP contribution in [0.5, 0.6) is 0 Å². The lowest BCUT2D eigenvalue weighted by molar-refractivity contribution is -0.137. The zero-order chi connectivity index (χ0) is 15.4. The number of halogens is 1. The third kappa shape index (κ3) is 4.10. The van der Waals surface area contributed by atoms with Gasteiger partial charge < -0.3 is 15.3 Å². The molecule has 0 bridgehead atoms. The first-order chi connectivity index (χ1) is 10.0. The van der Waals surface area contributed by atoms with E-state index in [1.165, 1.54) is 17.0 Å². The Morgan fingerprint density at radius 3 is 2.76 bits per heavy atom. The summed E-state index contributed by atoms with van der Waals surface area (Å²) in [5, 5.41) is 20.8. The van der Waals surface area contributed by atoms with Crippen molar-refractivity contribution in [2.24, 2.45) is 0 Å². The Morgan fingerprint density at radius 2 is 2.19 bits per heavy atom. The van der Waals surface area contributed by atoms with Gasteiger partial charge >= 0.3 is 12.0 Å². The highest BCUT2D eigenvalue weighted by Gasteiger charge is 2.32. The fourth-order valence-corrected chi connectivity index (χ4v) is 2.13. The Morgan fingerprint density at radius 1 is 1.48 bits per heavy atom. The van der Waals surface area contributed by atoms with Crippen LogP contribution < -0.4 is 5.32 Å². The van der Waals surface area contributed by atoms with E-state index in [1.54, 1.807) is 6.07 Å². The summed E-state index contributed by atoms with van der Waals surface area (Å²) in [7, 11) is 0. The van der Waals surface area contributed by atoms with Crippen molar-refractivity contribution in [1.82, 2.24) is 4.90 Å². The second kappa shape index (κ2) is 6.46. The molecular weight excluding hydrogens is 294 g/mol. The first kappa shape index (κ1) is 15.1. The highest BCUT2D eigenvalue weighted by molar-refractivity contribution is 6.31. The number of carbonyl (C=O) groups excluding carboxylic acids is 1. The Balaban J connectivity index is 2.10. The molecule has 0 aromatic heterocycles. The molecule has 2 rings (SSSR count). The fourth-order valence-electron chi connectivity index (χ4n) is 1.96. The number of rotatable bonds is 5. The van der Waals surface area contributed by atoms with E-state index in [0.29, 0.717) is 16.3 Å². The Kier molecular flexibility index (Phi) is 4.66. The van der Waals surface area contributed by atoms with Gasteiger partial charge in [0.25, 0.3) is 0 Å². The fraction of sp³-hybridized carbons (Fsp3) is 0.357. The lowest BCUT2D eigenvalue weighted by atomic mass is 10.2. The molecule has 6 nitrogen and oxygen atoms in total. The molecule has 110 valence electrons. The minimum Gasteiger partial charge on any atom is -0.481 e. The van der Waals surface area contributed by atoms with Crippen LogP contribution in [0, 0.1) is 11.3 Å². The first-order valence-electron chi connectivity index (χ1n) is 6.50. The van der Waals surface area contributed by atoms with Crippen LogP contribution in [-0.4, -0.2) is 34.6 Å².